The van der Waals surface area contributed by atoms with Crippen molar-refractivity contribution in [2.45, 2.75) is 65.9 Å². The van der Waals surface area contributed by atoms with Gasteiger partial charge in [-0.2, -0.15) is 5.10 Å². The number of rotatable bonds is 9. The number of carbonyl (C=O) groups excluding carboxylic acids is 1. The minimum absolute atomic E-state index is 0.346. The molecule has 0 aliphatic carbocycles. The SMILES string of the molecule is CCOC(=O)c1nn(COCC[Si](C)(C)C)c2c1CN(Cc1ccc(C)cc1)C2. The van der Waals surface area contributed by atoms with E-state index >= 15 is 0 Å². The Morgan fingerprint density at radius 3 is 2.55 bits per heavy atom. The van der Waals surface area contributed by atoms with Crippen LogP contribution in [0.3, 0.4) is 0 Å². The highest BCUT2D eigenvalue weighted by Crippen LogP contribution is 2.28. The molecule has 158 valence electrons. The van der Waals surface area contributed by atoms with Crippen LogP contribution in [-0.4, -0.2) is 41.9 Å². The Labute approximate surface area is 174 Å². The number of hydrogen-bond donors (Lipinski definition) is 0. The summed E-state index contributed by atoms with van der Waals surface area (Å²) in [4.78, 5) is 14.8. The summed E-state index contributed by atoms with van der Waals surface area (Å²) in [5.74, 6) is -0.346. The van der Waals surface area contributed by atoms with Crippen molar-refractivity contribution in [3.63, 3.8) is 0 Å². The number of fused-ring (bicyclic) bond motifs is 1. The van der Waals surface area contributed by atoms with Crippen LogP contribution in [0, 0.1) is 6.92 Å². The van der Waals surface area contributed by atoms with Crippen molar-refractivity contribution in [3.8, 4) is 0 Å². The first-order valence-corrected chi connectivity index (χ1v) is 14.1. The van der Waals surface area contributed by atoms with Crippen molar-refractivity contribution in [2.75, 3.05) is 13.2 Å². The third kappa shape index (κ3) is 5.78. The standard InChI is InChI=1S/C22H33N3O3Si/c1-6-28-22(26)21-19-14-24(13-18-9-7-17(2)8-10-18)15-20(19)25(23-21)16-27-11-12-29(3,4)5/h7-10H,6,11-16H2,1-5H3. The third-order valence-corrected chi connectivity index (χ3v) is 6.83. The highest BCUT2D eigenvalue weighted by atomic mass is 28.3. The second-order valence-corrected chi connectivity index (χ2v) is 14.6. The molecule has 0 fully saturated rings. The van der Waals surface area contributed by atoms with Crippen LogP contribution in [0.1, 0.15) is 39.8 Å². The summed E-state index contributed by atoms with van der Waals surface area (Å²) in [6.07, 6.45) is 0. The van der Waals surface area contributed by atoms with Gasteiger partial charge in [0.25, 0.3) is 0 Å². The van der Waals surface area contributed by atoms with E-state index in [2.05, 4.69) is 60.8 Å². The maximum absolute atomic E-state index is 12.4. The van der Waals surface area contributed by atoms with Crippen LogP contribution in [0.4, 0.5) is 0 Å². The lowest BCUT2D eigenvalue weighted by atomic mass is 10.1. The Hall–Kier alpha value is -1.96. The van der Waals surface area contributed by atoms with E-state index in [0.29, 0.717) is 25.6 Å². The molecule has 1 aliphatic rings. The van der Waals surface area contributed by atoms with Crippen LogP contribution in [-0.2, 0) is 35.8 Å². The molecule has 2 heterocycles. The number of carbonyl (C=O) groups is 1. The zero-order valence-corrected chi connectivity index (χ0v) is 19.3. The highest BCUT2D eigenvalue weighted by Gasteiger charge is 2.31. The molecule has 7 heteroatoms. The summed E-state index contributed by atoms with van der Waals surface area (Å²) in [5, 5.41) is 4.54. The van der Waals surface area contributed by atoms with Crippen LogP contribution in [0.15, 0.2) is 24.3 Å². The molecule has 0 radical (unpaired) electrons. The average molecular weight is 416 g/mol. The number of aromatic nitrogens is 2. The summed E-state index contributed by atoms with van der Waals surface area (Å²) >= 11 is 0. The van der Waals surface area contributed by atoms with Gasteiger partial charge in [0.05, 0.1) is 12.3 Å². The third-order valence-electron chi connectivity index (χ3n) is 5.13. The largest absolute Gasteiger partial charge is 0.461 e. The average Bonchev–Trinajstić information content (AvgIpc) is 3.19. The molecule has 0 amide bonds. The molecule has 0 N–H and O–H groups in total. The molecule has 0 saturated carbocycles. The first-order valence-electron chi connectivity index (χ1n) is 10.4. The fraction of sp³-hybridized carbons (Fsp3) is 0.545. The lowest BCUT2D eigenvalue weighted by molar-refractivity contribution is 0.0506. The molecule has 29 heavy (non-hydrogen) atoms. The van der Waals surface area contributed by atoms with Crippen molar-refractivity contribution in [3.05, 3.63) is 52.3 Å². The zero-order chi connectivity index (χ0) is 21.0. The Kier molecular flexibility index (Phi) is 6.92. The van der Waals surface area contributed by atoms with Crippen LogP contribution in [0.25, 0.3) is 0 Å². The summed E-state index contributed by atoms with van der Waals surface area (Å²) in [6.45, 7) is 14.7. The Balaban J connectivity index is 1.72. The predicted octanol–water partition coefficient (Wildman–Crippen LogP) is 4.20. The van der Waals surface area contributed by atoms with Gasteiger partial charge < -0.3 is 9.47 Å². The minimum Gasteiger partial charge on any atom is -0.461 e. The number of benzene rings is 1. The van der Waals surface area contributed by atoms with Gasteiger partial charge in [-0.25, -0.2) is 9.48 Å². The van der Waals surface area contributed by atoms with Gasteiger partial charge in [-0.3, -0.25) is 4.90 Å². The number of esters is 1. The first kappa shape index (κ1) is 21.7. The maximum atomic E-state index is 12.4. The van der Waals surface area contributed by atoms with Gasteiger partial charge >= 0.3 is 5.97 Å². The topological polar surface area (TPSA) is 56.6 Å². The van der Waals surface area contributed by atoms with E-state index in [9.17, 15) is 4.79 Å². The smallest absolute Gasteiger partial charge is 0.359 e. The molecule has 1 aromatic carbocycles. The molecule has 0 unspecified atom stereocenters. The van der Waals surface area contributed by atoms with Gasteiger partial charge in [0, 0.05) is 39.9 Å². The predicted molar refractivity (Wildman–Crippen MR) is 116 cm³/mol. The Morgan fingerprint density at radius 2 is 1.90 bits per heavy atom. The van der Waals surface area contributed by atoms with Gasteiger partial charge in [-0.1, -0.05) is 49.5 Å². The van der Waals surface area contributed by atoms with Crippen molar-refractivity contribution in [1.29, 1.82) is 0 Å². The van der Waals surface area contributed by atoms with Gasteiger partial charge in [0.2, 0.25) is 0 Å². The Morgan fingerprint density at radius 1 is 1.17 bits per heavy atom. The molecule has 2 aromatic rings. The van der Waals surface area contributed by atoms with Crippen LogP contribution in [0.5, 0.6) is 0 Å². The summed E-state index contributed by atoms with van der Waals surface area (Å²) in [7, 11) is -1.13. The van der Waals surface area contributed by atoms with E-state index < -0.39 is 8.07 Å². The lowest BCUT2D eigenvalue weighted by Crippen LogP contribution is -2.23. The van der Waals surface area contributed by atoms with Crippen molar-refractivity contribution in [1.82, 2.24) is 14.7 Å². The van der Waals surface area contributed by atoms with E-state index in [-0.39, 0.29) is 5.97 Å². The molecule has 0 saturated heterocycles. The Bertz CT molecular complexity index is 840. The van der Waals surface area contributed by atoms with E-state index in [1.807, 2.05) is 11.6 Å². The molecule has 1 aromatic heterocycles. The minimum atomic E-state index is -1.13. The van der Waals surface area contributed by atoms with Crippen molar-refractivity contribution >= 4 is 14.0 Å². The molecule has 0 bridgehead atoms. The molecule has 1 aliphatic heterocycles. The molecule has 0 atom stereocenters. The number of nitrogens with zero attached hydrogens (tertiary/aromatic N) is 3. The quantitative estimate of drug-likeness (QED) is 0.349. The molecule has 6 nitrogen and oxygen atoms in total. The van der Waals surface area contributed by atoms with E-state index in [1.54, 1.807) is 0 Å². The number of hydrogen-bond acceptors (Lipinski definition) is 5. The normalized spacial score (nSPS) is 14.2. The van der Waals surface area contributed by atoms with Crippen LogP contribution >= 0.6 is 0 Å². The zero-order valence-electron chi connectivity index (χ0n) is 18.3. The molecular weight excluding hydrogens is 382 g/mol. The summed E-state index contributed by atoms with van der Waals surface area (Å²) in [6, 6.07) is 9.71. The second-order valence-electron chi connectivity index (χ2n) is 8.97. The van der Waals surface area contributed by atoms with E-state index in [1.165, 1.54) is 11.1 Å². The number of ether oxygens (including phenoxy) is 2. The van der Waals surface area contributed by atoms with Gasteiger partial charge in [-0.05, 0) is 25.5 Å². The molecule has 3 rings (SSSR count). The van der Waals surface area contributed by atoms with Gasteiger partial charge in [-0.15, -0.1) is 0 Å². The summed E-state index contributed by atoms with van der Waals surface area (Å²) < 4.78 is 13.0. The van der Waals surface area contributed by atoms with Crippen molar-refractivity contribution < 1.29 is 14.3 Å². The fourth-order valence-corrected chi connectivity index (χ4v) is 4.19. The molecule has 0 spiro atoms. The second kappa shape index (κ2) is 9.24. The monoisotopic (exact) mass is 415 g/mol. The van der Waals surface area contributed by atoms with E-state index in [0.717, 1.165) is 37.0 Å². The van der Waals surface area contributed by atoms with E-state index in [4.69, 9.17) is 9.47 Å². The van der Waals surface area contributed by atoms with Gasteiger partial charge in [0.15, 0.2) is 5.69 Å². The highest BCUT2D eigenvalue weighted by molar-refractivity contribution is 6.76. The van der Waals surface area contributed by atoms with Crippen LogP contribution < -0.4 is 0 Å². The van der Waals surface area contributed by atoms with Gasteiger partial charge in [0.1, 0.15) is 6.73 Å². The molecular formula is C22H33N3O3Si. The lowest BCUT2D eigenvalue weighted by Gasteiger charge is -2.17. The maximum Gasteiger partial charge on any atom is 0.359 e. The fourth-order valence-electron chi connectivity index (χ4n) is 3.43. The first-order chi connectivity index (χ1) is 13.8. The number of aryl methyl sites for hydroxylation is 1. The van der Waals surface area contributed by atoms with Crippen LogP contribution in [0.2, 0.25) is 25.7 Å². The summed E-state index contributed by atoms with van der Waals surface area (Å²) in [5.41, 5.74) is 5.00. The van der Waals surface area contributed by atoms with Crippen molar-refractivity contribution in [2.24, 2.45) is 0 Å².